The predicted octanol–water partition coefficient (Wildman–Crippen LogP) is 1.49. The van der Waals surface area contributed by atoms with E-state index in [-0.39, 0.29) is 24.1 Å². The zero-order valence-corrected chi connectivity index (χ0v) is 15.3. The lowest BCUT2D eigenvalue weighted by Crippen LogP contribution is -2.54. The largest absolute Gasteiger partial charge is 0.497 e. The average Bonchev–Trinajstić information content (AvgIpc) is 3.08. The van der Waals surface area contributed by atoms with Gasteiger partial charge in [0, 0.05) is 54.8 Å². The number of carbonyl (C=O) groups is 1. The normalized spacial score (nSPS) is 21.7. The first kappa shape index (κ1) is 17.2. The Morgan fingerprint density at radius 1 is 1.42 bits per heavy atom. The van der Waals surface area contributed by atoms with E-state index in [0.29, 0.717) is 0 Å². The molecule has 1 unspecified atom stereocenters. The van der Waals surface area contributed by atoms with E-state index < -0.39 is 0 Å². The summed E-state index contributed by atoms with van der Waals surface area (Å²) in [5, 5.41) is 17.2. The average molecular weight is 358 g/mol. The molecular weight excluding hydrogens is 332 g/mol. The third-order valence-corrected chi connectivity index (χ3v) is 6.00. The number of nitrogens with one attached hydrogen (secondary N) is 3. The fourth-order valence-corrected chi connectivity index (χ4v) is 4.54. The van der Waals surface area contributed by atoms with Crippen molar-refractivity contribution in [1.29, 1.82) is 0 Å². The minimum Gasteiger partial charge on any atom is -0.497 e. The van der Waals surface area contributed by atoms with Crippen molar-refractivity contribution in [2.75, 3.05) is 40.4 Å². The van der Waals surface area contributed by atoms with Gasteiger partial charge in [-0.25, -0.2) is 4.79 Å². The van der Waals surface area contributed by atoms with Crippen LogP contribution in [0.3, 0.4) is 0 Å². The summed E-state index contributed by atoms with van der Waals surface area (Å²) >= 11 is 0. The van der Waals surface area contributed by atoms with Crippen molar-refractivity contribution >= 4 is 16.9 Å². The summed E-state index contributed by atoms with van der Waals surface area (Å²) in [4.78, 5) is 17.4. The summed E-state index contributed by atoms with van der Waals surface area (Å²) in [6.07, 6.45) is 1.80. The number of carbonyl (C=O) groups excluding carboxylic acids is 1. The van der Waals surface area contributed by atoms with Gasteiger partial charge in [0.1, 0.15) is 5.75 Å². The summed E-state index contributed by atoms with van der Waals surface area (Å²) < 4.78 is 5.36. The molecule has 0 aliphatic carbocycles. The number of methoxy groups -OCH3 is 1. The van der Waals surface area contributed by atoms with Crippen LogP contribution in [0.25, 0.3) is 10.9 Å². The molecule has 2 aliphatic heterocycles. The summed E-state index contributed by atoms with van der Waals surface area (Å²) in [7, 11) is 3.34. The number of amides is 2. The number of hydrogen-bond donors (Lipinski definition) is 4. The van der Waals surface area contributed by atoms with Gasteiger partial charge in [-0.2, -0.15) is 0 Å². The van der Waals surface area contributed by atoms with Crippen molar-refractivity contribution in [2.24, 2.45) is 0 Å². The Morgan fingerprint density at radius 2 is 2.19 bits per heavy atom. The maximum absolute atomic E-state index is 12.0. The molecule has 7 heteroatoms. The molecule has 0 bridgehead atoms. The van der Waals surface area contributed by atoms with Crippen molar-refractivity contribution in [3.63, 3.8) is 0 Å². The molecule has 0 saturated carbocycles. The lowest BCUT2D eigenvalue weighted by Gasteiger charge is -2.46. The summed E-state index contributed by atoms with van der Waals surface area (Å²) in [6, 6.07) is 6.00. The molecule has 2 amide bonds. The highest BCUT2D eigenvalue weighted by molar-refractivity contribution is 5.88. The number of aliphatic hydroxyl groups is 1. The first-order valence-corrected chi connectivity index (χ1v) is 9.13. The maximum Gasteiger partial charge on any atom is 0.317 e. The molecule has 4 rings (SSSR count). The maximum atomic E-state index is 12.0. The molecular formula is C19H26N4O3. The van der Waals surface area contributed by atoms with Gasteiger partial charge in [0.05, 0.1) is 19.8 Å². The number of ether oxygens (including phenoxy) is 1. The minimum atomic E-state index is -0.0917. The second kappa shape index (κ2) is 6.48. The van der Waals surface area contributed by atoms with Crippen LogP contribution in [0.15, 0.2) is 18.2 Å². The number of urea groups is 1. The third kappa shape index (κ3) is 2.54. The second-order valence-corrected chi connectivity index (χ2v) is 7.26. The van der Waals surface area contributed by atoms with Crippen LogP contribution in [0, 0.1) is 0 Å². The Balaban J connectivity index is 1.77. The Bertz CT molecular complexity index is 824. The summed E-state index contributed by atoms with van der Waals surface area (Å²) in [5.41, 5.74) is 3.36. The number of nitrogens with zero attached hydrogens (tertiary/aromatic N) is 1. The number of aliphatic hydroxyl groups excluding tert-OH is 1. The van der Waals surface area contributed by atoms with Gasteiger partial charge in [-0.1, -0.05) is 0 Å². The molecule has 1 atom stereocenters. The highest BCUT2D eigenvalue weighted by Crippen LogP contribution is 2.46. The van der Waals surface area contributed by atoms with Crippen LogP contribution in [0.2, 0.25) is 0 Å². The van der Waals surface area contributed by atoms with Gasteiger partial charge < -0.3 is 30.4 Å². The highest BCUT2D eigenvalue weighted by Gasteiger charge is 2.44. The van der Waals surface area contributed by atoms with Crippen molar-refractivity contribution in [3.05, 3.63) is 29.5 Å². The fourth-order valence-electron chi connectivity index (χ4n) is 4.54. The smallest absolute Gasteiger partial charge is 0.317 e. The van der Waals surface area contributed by atoms with Gasteiger partial charge in [0.2, 0.25) is 0 Å². The van der Waals surface area contributed by atoms with Gasteiger partial charge in [-0.05, 0) is 30.5 Å². The van der Waals surface area contributed by atoms with Crippen molar-refractivity contribution < 1.29 is 14.6 Å². The topological polar surface area (TPSA) is 89.6 Å². The van der Waals surface area contributed by atoms with Gasteiger partial charge >= 0.3 is 6.03 Å². The van der Waals surface area contributed by atoms with E-state index in [9.17, 15) is 9.90 Å². The third-order valence-electron chi connectivity index (χ3n) is 6.00. The summed E-state index contributed by atoms with van der Waals surface area (Å²) in [5.74, 6) is 0.813. The Hall–Kier alpha value is -2.25. The number of rotatable bonds is 2. The minimum absolute atomic E-state index is 0.0132. The Kier molecular flexibility index (Phi) is 4.28. The zero-order chi connectivity index (χ0) is 18.3. The quantitative estimate of drug-likeness (QED) is 0.655. The summed E-state index contributed by atoms with van der Waals surface area (Å²) in [6.45, 7) is 2.32. The molecule has 1 spiro atoms. The van der Waals surface area contributed by atoms with Gasteiger partial charge in [0.15, 0.2) is 0 Å². The molecule has 7 nitrogen and oxygen atoms in total. The van der Waals surface area contributed by atoms with E-state index in [1.165, 1.54) is 10.9 Å². The van der Waals surface area contributed by atoms with E-state index in [2.05, 4.69) is 21.7 Å². The Labute approximate surface area is 152 Å². The van der Waals surface area contributed by atoms with Gasteiger partial charge in [-0.15, -0.1) is 0 Å². The monoisotopic (exact) mass is 358 g/mol. The van der Waals surface area contributed by atoms with Crippen molar-refractivity contribution in [1.82, 2.24) is 20.5 Å². The number of aromatic nitrogens is 1. The molecule has 0 radical (unpaired) electrons. The van der Waals surface area contributed by atoms with Crippen LogP contribution in [0.1, 0.15) is 30.1 Å². The SMILES string of the molecule is CNC(=O)N1CCC2(CC1)CNC(CO)c1[nH]c3cc(OC)ccc3c12. The van der Waals surface area contributed by atoms with E-state index in [4.69, 9.17) is 4.74 Å². The lowest BCUT2D eigenvalue weighted by molar-refractivity contribution is 0.143. The van der Waals surface area contributed by atoms with E-state index in [0.717, 1.165) is 49.4 Å². The molecule has 140 valence electrons. The molecule has 4 N–H and O–H groups in total. The van der Waals surface area contributed by atoms with Crippen molar-refractivity contribution in [3.8, 4) is 5.75 Å². The molecule has 2 aliphatic rings. The molecule has 1 saturated heterocycles. The van der Waals surface area contributed by atoms with E-state index in [1.807, 2.05) is 17.0 Å². The van der Waals surface area contributed by atoms with Crippen LogP contribution < -0.4 is 15.4 Å². The number of aromatic amines is 1. The fraction of sp³-hybridized carbons (Fsp3) is 0.526. The number of benzene rings is 1. The number of likely N-dealkylation sites (tertiary alicyclic amines) is 1. The van der Waals surface area contributed by atoms with Crippen LogP contribution in [0.5, 0.6) is 5.75 Å². The number of piperidine rings is 1. The molecule has 2 aromatic rings. The lowest BCUT2D eigenvalue weighted by atomic mass is 9.69. The molecule has 26 heavy (non-hydrogen) atoms. The van der Waals surface area contributed by atoms with Crippen LogP contribution in [-0.4, -0.2) is 61.4 Å². The van der Waals surface area contributed by atoms with Crippen molar-refractivity contribution in [2.45, 2.75) is 24.3 Å². The number of fused-ring (bicyclic) bond motifs is 4. The van der Waals surface area contributed by atoms with E-state index >= 15 is 0 Å². The predicted molar refractivity (Wildman–Crippen MR) is 99.6 cm³/mol. The highest BCUT2D eigenvalue weighted by atomic mass is 16.5. The first-order chi connectivity index (χ1) is 12.6. The zero-order valence-electron chi connectivity index (χ0n) is 15.3. The Morgan fingerprint density at radius 3 is 2.85 bits per heavy atom. The van der Waals surface area contributed by atoms with Crippen LogP contribution in [0.4, 0.5) is 4.79 Å². The molecule has 3 heterocycles. The number of H-pyrrole nitrogens is 1. The second-order valence-electron chi connectivity index (χ2n) is 7.26. The van der Waals surface area contributed by atoms with E-state index in [1.54, 1.807) is 14.2 Å². The molecule has 1 aromatic carbocycles. The standard InChI is InChI=1S/C19H26N4O3/c1-20-18(25)23-7-5-19(6-8-23)11-21-15(10-24)17-16(19)13-4-3-12(26-2)9-14(13)22-17/h3-4,9,15,21-22,24H,5-8,10-11H2,1-2H3,(H,20,25). The molecule has 1 fully saturated rings. The van der Waals surface area contributed by atoms with Gasteiger partial charge in [-0.3, -0.25) is 0 Å². The first-order valence-electron chi connectivity index (χ1n) is 9.13. The number of hydrogen-bond acceptors (Lipinski definition) is 4. The van der Waals surface area contributed by atoms with Crippen LogP contribution >= 0.6 is 0 Å². The van der Waals surface area contributed by atoms with Crippen LogP contribution in [-0.2, 0) is 5.41 Å². The van der Waals surface area contributed by atoms with Gasteiger partial charge in [0.25, 0.3) is 0 Å². The molecule has 1 aromatic heterocycles.